The fourth-order valence-electron chi connectivity index (χ4n) is 4.09. The third-order valence-corrected chi connectivity index (χ3v) is 5.85. The van der Waals surface area contributed by atoms with Crippen molar-refractivity contribution in [3.05, 3.63) is 83.4 Å². The Bertz CT molecular complexity index is 1260. The molecule has 3 amide bonds. The fourth-order valence-corrected chi connectivity index (χ4v) is 4.09. The second kappa shape index (κ2) is 7.81. The number of imide groups is 1. The summed E-state index contributed by atoms with van der Waals surface area (Å²) in [5.41, 5.74) is 5.99. The highest BCUT2D eigenvalue weighted by Crippen LogP contribution is 2.38. The Kier molecular flexibility index (Phi) is 5.14. The number of carbonyl (C=O) groups excluding carboxylic acids is 2. The molecule has 4 N–H and O–H groups in total. The molecule has 0 spiro atoms. The summed E-state index contributed by atoms with van der Waals surface area (Å²) in [5, 5.41) is 18.8. The summed E-state index contributed by atoms with van der Waals surface area (Å²) in [6, 6.07) is 19.0. The molecule has 162 valence electrons. The Labute approximate surface area is 184 Å². The Morgan fingerprint density at radius 2 is 1.72 bits per heavy atom. The van der Waals surface area contributed by atoms with Crippen molar-refractivity contribution >= 4 is 34.5 Å². The maximum absolute atomic E-state index is 13.5. The first-order valence-electron chi connectivity index (χ1n) is 10.00. The highest BCUT2D eigenvalue weighted by atomic mass is 16.4. The number of benzene rings is 3. The molecule has 1 unspecified atom stereocenters. The predicted molar refractivity (Wildman–Crippen MR) is 119 cm³/mol. The van der Waals surface area contributed by atoms with Gasteiger partial charge in [-0.3, -0.25) is 24.8 Å². The van der Waals surface area contributed by atoms with Crippen LogP contribution in [0.5, 0.6) is 0 Å². The Morgan fingerprint density at radius 1 is 1.03 bits per heavy atom. The lowest BCUT2D eigenvalue weighted by atomic mass is 9.90. The van der Waals surface area contributed by atoms with Crippen LogP contribution in [-0.2, 0) is 21.7 Å². The van der Waals surface area contributed by atoms with Gasteiger partial charge in [-0.25, -0.2) is 4.79 Å². The number of nitrogens with one attached hydrogen (secondary N) is 1. The minimum Gasteiger partial charge on any atom is -0.480 e. The molecule has 32 heavy (non-hydrogen) atoms. The van der Waals surface area contributed by atoms with Crippen LogP contribution in [0.4, 0.5) is 4.79 Å². The number of nitrogens with zero attached hydrogens (tertiary/aromatic N) is 2. The van der Waals surface area contributed by atoms with Crippen LogP contribution in [-0.4, -0.2) is 45.2 Å². The van der Waals surface area contributed by atoms with Crippen molar-refractivity contribution in [1.82, 2.24) is 9.80 Å². The van der Waals surface area contributed by atoms with Crippen LogP contribution < -0.4 is 5.73 Å². The van der Waals surface area contributed by atoms with Gasteiger partial charge in [-0.2, -0.15) is 0 Å². The molecule has 3 aromatic carbocycles. The first-order chi connectivity index (χ1) is 15.2. The van der Waals surface area contributed by atoms with Gasteiger partial charge >= 0.3 is 12.0 Å². The molecule has 3 aromatic rings. The topological polar surface area (TPSA) is 128 Å². The molecule has 0 radical (unpaired) electrons. The van der Waals surface area contributed by atoms with E-state index in [2.05, 4.69) is 0 Å². The summed E-state index contributed by atoms with van der Waals surface area (Å²) in [4.78, 5) is 40.3. The Balaban J connectivity index is 1.72. The summed E-state index contributed by atoms with van der Waals surface area (Å²) in [5.74, 6) is -1.73. The molecule has 1 aliphatic rings. The fraction of sp³-hybridized carbons (Fsp3) is 0.167. The maximum Gasteiger partial charge on any atom is 0.328 e. The van der Waals surface area contributed by atoms with Crippen LogP contribution in [0.1, 0.15) is 23.6 Å². The molecule has 1 aliphatic heterocycles. The van der Waals surface area contributed by atoms with Gasteiger partial charge in [0.25, 0.3) is 5.91 Å². The minimum atomic E-state index is -1.42. The van der Waals surface area contributed by atoms with E-state index >= 15 is 0 Å². The van der Waals surface area contributed by atoms with E-state index in [4.69, 9.17) is 11.1 Å². The van der Waals surface area contributed by atoms with Crippen molar-refractivity contribution in [2.75, 3.05) is 6.54 Å². The van der Waals surface area contributed by atoms with Crippen molar-refractivity contribution in [2.24, 2.45) is 5.73 Å². The maximum atomic E-state index is 13.5. The molecular weight excluding hydrogens is 408 g/mol. The number of hydrogen-bond donors (Lipinski definition) is 3. The van der Waals surface area contributed by atoms with Gasteiger partial charge in [0, 0.05) is 5.56 Å². The van der Waals surface area contributed by atoms with E-state index in [1.165, 1.54) is 0 Å². The highest BCUT2D eigenvalue weighted by molar-refractivity contribution is 6.08. The average molecular weight is 430 g/mol. The van der Waals surface area contributed by atoms with Gasteiger partial charge in [0.2, 0.25) is 0 Å². The first kappa shape index (κ1) is 21.0. The molecular formula is C24H22N4O4. The number of rotatable bonds is 6. The van der Waals surface area contributed by atoms with E-state index in [1.54, 1.807) is 49.4 Å². The molecule has 0 aromatic heterocycles. The van der Waals surface area contributed by atoms with Crippen molar-refractivity contribution in [2.45, 2.75) is 19.0 Å². The number of carboxylic acid groups (broad SMARTS) is 1. The third kappa shape index (κ3) is 3.45. The number of hydrogen-bond acceptors (Lipinski definition) is 4. The van der Waals surface area contributed by atoms with E-state index in [0.29, 0.717) is 16.7 Å². The zero-order valence-electron chi connectivity index (χ0n) is 17.4. The summed E-state index contributed by atoms with van der Waals surface area (Å²) in [6.45, 7) is 0.980. The van der Waals surface area contributed by atoms with Gasteiger partial charge in [-0.05, 0) is 41.0 Å². The number of nitrogen functional groups attached to an aromatic ring is 1. The molecule has 4 rings (SSSR count). The number of fused-ring (bicyclic) bond motifs is 1. The number of aliphatic carboxylic acids is 1. The molecule has 1 fully saturated rings. The van der Waals surface area contributed by atoms with Crippen LogP contribution in [0.15, 0.2) is 66.7 Å². The molecule has 8 heteroatoms. The van der Waals surface area contributed by atoms with Crippen LogP contribution in [0.2, 0.25) is 0 Å². The SMILES string of the molecule is CC1(c2ccccc2)C(=O)N(Cc2ccc3ccc(C(=N)N)cc3c2)C(=O)N1CC(=O)O. The average Bonchev–Trinajstić information content (AvgIpc) is 2.95. The van der Waals surface area contributed by atoms with Crippen LogP contribution in [0.25, 0.3) is 10.8 Å². The standard InChI is InChI=1S/C24H22N4O4/c1-24(19-5-3-2-4-6-19)22(31)27(23(32)28(24)14-20(29)30)13-15-7-8-16-9-10-17(21(25)26)12-18(16)11-15/h2-12H,13-14H2,1H3,(H3,25,26)(H,29,30). The van der Waals surface area contributed by atoms with Crippen molar-refractivity contribution in [3.8, 4) is 0 Å². The molecule has 0 bridgehead atoms. The largest absolute Gasteiger partial charge is 0.480 e. The summed E-state index contributed by atoms with van der Waals surface area (Å²) in [6.07, 6.45) is 0. The van der Waals surface area contributed by atoms with Gasteiger partial charge in [0.15, 0.2) is 0 Å². The summed E-state index contributed by atoms with van der Waals surface area (Å²) in [7, 11) is 0. The van der Waals surface area contributed by atoms with Crippen LogP contribution in [0, 0.1) is 5.41 Å². The molecule has 1 saturated heterocycles. The molecule has 1 atom stereocenters. The number of nitrogens with two attached hydrogens (primary N) is 1. The normalized spacial score (nSPS) is 18.4. The summed E-state index contributed by atoms with van der Waals surface area (Å²) < 4.78 is 0. The van der Waals surface area contributed by atoms with E-state index in [-0.39, 0.29) is 12.4 Å². The van der Waals surface area contributed by atoms with Crippen LogP contribution >= 0.6 is 0 Å². The monoisotopic (exact) mass is 430 g/mol. The van der Waals surface area contributed by atoms with Crippen LogP contribution in [0.3, 0.4) is 0 Å². The second-order valence-corrected chi connectivity index (χ2v) is 7.90. The van der Waals surface area contributed by atoms with Gasteiger partial charge in [-0.15, -0.1) is 0 Å². The lowest BCUT2D eigenvalue weighted by molar-refractivity contribution is -0.139. The number of carbonyl (C=O) groups is 3. The molecule has 0 saturated carbocycles. The zero-order chi connectivity index (χ0) is 23.0. The minimum absolute atomic E-state index is 0.00352. The van der Waals surface area contributed by atoms with Gasteiger partial charge in [-0.1, -0.05) is 54.6 Å². The molecule has 1 heterocycles. The van der Waals surface area contributed by atoms with E-state index < -0.39 is 30.0 Å². The number of amidine groups is 1. The van der Waals surface area contributed by atoms with Gasteiger partial charge < -0.3 is 10.8 Å². The van der Waals surface area contributed by atoms with Crippen molar-refractivity contribution in [3.63, 3.8) is 0 Å². The highest BCUT2D eigenvalue weighted by Gasteiger charge is 2.55. The third-order valence-electron chi connectivity index (χ3n) is 5.85. The quantitative estimate of drug-likeness (QED) is 0.315. The lowest BCUT2D eigenvalue weighted by Crippen LogP contribution is -2.46. The Hall–Kier alpha value is -4.20. The van der Waals surface area contributed by atoms with Gasteiger partial charge in [0.1, 0.15) is 17.9 Å². The van der Waals surface area contributed by atoms with Gasteiger partial charge in [0.05, 0.1) is 6.54 Å². The Morgan fingerprint density at radius 3 is 2.38 bits per heavy atom. The van der Waals surface area contributed by atoms with E-state index in [0.717, 1.165) is 20.6 Å². The molecule has 0 aliphatic carbocycles. The predicted octanol–water partition coefficient (Wildman–Crippen LogP) is 2.89. The summed E-state index contributed by atoms with van der Waals surface area (Å²) >= 11 is 0. The smallest absolute Gasteiger partial charge is 0.328 e. The molecule has 8 nitrogen and oxygen atoms in total. The van der Waals surface area contributed by atoms with E-state index in [1.807, 2.05) is 24.3 Å². The number of amides is 3. The first-order valence-corrected chi connectivity index (χ1v) is 10.00. The van der Waals surface area contributed by atoms with E-state index in [9.17, 15) is 19.5 Å². The zero-order valence-corrected chi connectivity index (χ0v) is 17.4. The van der Waals surface area contributed by atoms with Crippen molar-refractivity contribution in [1.29, 1.82) is 5.41 Å². The van der Waals surface area contributed by atoms with Crippen molar-refractivity contribution < 1.29 is 19.5 Å². The lowest BCUT2D eigenvalue weighted by Gasteiger charge is -2.30. The number of carboxylic acids is 1. The second-order valence-electron chi connectivity index (χ2n) is 7.90. The number of urea groups is 1.